The van der Waals surface area contributed by atoms with E-state index in [1.165, 1.54) is 24.3 Å². The molecule has 0 heterocycles. The Morgan fingerprint density at radius 3 is 1.90 bits per heavy atom. The Kier molecular flexibility index (Phi) is 6.93. The average Bonchev–Trinajstić information content (AvgIpc) is 2.28. The molecule has 4 nitrogen and oxygen atoms in total. The minimum Gasteiger partial charge on any atom is -0.390 e. The molecule has 110 valence electrons. The van der Waals surface area contributed by atoms with Gasteiger partial charge in [-0.2, -0.15) is 0 Å². The molecule has 5 heteroatoms. The van der Waals surface area contributed by atoms with Crippen molar-refractivity contribution in [3.05, 3.63) is 34.4 Å². The highest BCUT2D eigenvalue weighted by atomic mass is 16.6. The molecule has 2 radical (unpaired) electrons. The van der Waals surface area contributed by atoms with Gasteiger partial charge in [-0.1, -0.05) is 44.8 Å². The normalized spacial score (nSPS) is 11.5. The molecule has 0 bridgehead atoms. The first kappa shape index (κ1) is 18.6. The van der Waals surface area contributed by atoms with Crippen molar-refractivity contribution < 1.29 is 10.0 Å². The number of non-ortho nitro benzene ring substituents is 1. The van der Waals surface area contributed by atoms with E-state index < -0.39 is 10.5 Å². The van der Waals surface area contributed by atoms with Crippen molar-refractivity contribution in [3.63, 3.8) is 0 Å². The van der Waals surface area contributed by atoms with E-state index in [0.29, 0.717) is 5.46 Å². The highest BCUT2D eigenvalue weighted by Gasteiger charge is 2.33. The topological polar surface area (TPSA) is 63.4 Å². The van der Waals surface area contributed by atoms with Gasteiger partial charge in [0.15, 0.2) is 0 Å². The summed E-state index contributed by atoms with van der Waals surface area (Å²) in [6.07, 6.45) is 2.22. The van der Waals surface area contributed by atoms with Gasteiger partial charge in [0, 0.05) is 12.1 Å². The van der Waals surface area contributed by atoms with Crippen molar-refractivity contribution in [1.82, 2.24) is 0 Å². The van der Waals surface area contributed by atoms with Crippen LogP contribution in [0.15, 0.2) is 24.3 Å². The molecule has 0 saturated carbocycles. The largest absolute Gasteiger partial charge is 0.390 e. The standard InChI is InChI=1S/C9H20O.C6H4BNO2/c1-6-7-8(2,3)9(4,5)10;7-5-1-3-6(4-2-5)8(9)10/h10H,6-7H2,1-5H3;1-4H. The lowest BCUT2D eigenvalue weighted by Gasteiger charge is -2.37. The van der Waals surface area contributed by atoms with E-state index in [-0.39, 0.29) is 11.1 Å². The Bertz CT molecular complexity index is 422. The van der Waals surface area contributed by atoms with Crippen LogP contribution in [0.4, 0.5) is 5.69 Å². The molecule has 20 heavy (non-hydrogen) atoms. The number of hydrogen-bond acceptors (Lipinski definition) is 3. The van der Waals surface area contributed by atoms with E-state index in [2.05, 4.69) is 20.8 Å². The van der Waals surface area contributed by atoms with Crippen LogP contribution in [-0.4, -0.2) is 23.5 Å². The molecule has 1 aromatic carbocycles. The Morgan fingerprint density at radius 2 is 1.65 bits per heavy atom. The summed E-state index contributed by atoms with van der Waals surface area (Å²) in [7, 11) is 5.30. The summed E-state index contributed by atoms with van der Waals surface area (Å²) in [6, 6.07) is 5.74. The molecule has 0 aliphatic carbocycles. The van der Waals surface area contributed by atoms with Crippen molar-refractivity contribution in [2.24, 2.45) is 5.41 Å². The van der Waals surface area contributed by atoms with Crippen molar-refractivity contribution in [2.75, 3.05) is 0 Å². The van der Waals surface area contributed by atoms with Gasteiger partial charge in [0.05, 0.1) is 10.5 Å². The molecular weight excluding hydrogens is 253 g/mol. The van der Waals surface area contributed by atoms with E-state index in [4.69, 9.17) is 7.85 Å². The van der Waals surface area contributed by atoms with Gasteiger partial charge in [-0.3, -0.25) is 10.1 Å². The first-order valence-corrected chi connectivity index (χ1v) is 6.73. The van der Waals surface area contributed by atoms with E-state index >= 15 is 0 Å². The molecule has 0 saturated heterocycles. The Balaban J connectivity index is 0.000000361. The fourth-order valence-corrected chi connectivity index (χ4v) is 1.53. The fourth-order valence-electron chi connectivity index (χ4n) is 1.53. The lowest BCUT2D eigenvalue weighted by atomic mass is 9.74. The lowest BCUT2D eigenvalue weighted by Crippen LogP contribution is -2.38. The first-order valence-electron chi connectivity index (χ1n) is 6.73. The molecule has 0 fully saturated rings. The maximum Gasteiger partial charge on any atom is 0.269 e. The zero-order valence-electron chi connectivity index (χ0n) is 13.0. The molecule has 1 N–H and O–H groups in total. The summed E-state index contributed by atoms with van der Waals surface area (Å²) in [4.78, 5) is 9.62. The zero-order valence-corrected chi connectivity index (χ0v) is 13.0. The summed E-state index contributed by atoms with van der Waals surface area (Å²) in [5.41, 5.74) is 0.0879. The van der Waals surface area contributed by atoms with Gasteiger partial charge in [0.25, 0.3) is 5.69 Å². The summed E-state index contributed by atoms with van der Waals surface area (Å²) in [5, 5.41) is 19.8. The van der Waals surface area contributed by atoms with Crippen LogP contribution in [0.5, 0.6) is 0 Å². The Hall–Kier alpha value is -1.36. The number of benzene rings is 1. The highest BCUT2D eigenvalue weighted by Crippen LogP contribution is 2.34. The van der Waals surface area contributed by atoms with Crippen molar-refractivity contribution in [3.8, 4) is 0 Å². The highest BCUT2D eigenvalue weighted by molar-refractivity contribution is 6.32. The van der Waals surface area contributed by atoms with Crippen LogP contribution < -0.4 is 5.46 Å². The van der Waals surface area contributed by atoms with Crippen LogP contribution in [0.1, 0.15) is 47.5 Å². The van der Waals surface area contributed by atoms with Gasteiger partial charge in [0.1, 0.15) is 7.85 Å². The molecule has 0 atom stereocenters. The minimum atomic E-state index is -0.553. The third kappa shape index (κ3) is 6.19. The van der Waals surface area contributed by atoms with Gasteiger partial charge in [-0.15, -0.1) is 0 Å². The molecule has 0 aliphatic rings. The summed E-state index contributed by atoms with van der Waals surface area (Å²) in [5.74, 6) is 0. The van der Waals surface area contributed by atoms with Crippen LogP contribution in [-0.2, 0) is 0 Å². The van der Waals surface area contributed by atoms with Gasteiger partial charge >= 0.3 is 0 Å². The Morgan fingerprint density at radius 1 is 1.20 bits per heavy atom. The summed E-state index contributed by atoms with van der Waals surface area (Å²) >= 11 is 0. The van der Waals surface area contributed by atoms with Crippen molar-refractivity contribution in [1.29, 1.82) is 0 Å². The van der Waals surface area contributed by atoms with E-state index in [1.807, 2.05) is 13.8 Å². The van der Waals surface area contributed by atoms with E-state index in [9.17, 15) is 15.2 Å². The molecule has 1 aromatic rings. The lowest BCUT2D eigenvalue weighted by molar-refractivity contribution is -0.384. The minimum absolute atomic E-state index is 0.0434. The number of nitro benzene ring substituents is 1. The number of nitrogens with zero attached hydrogens (tertiary/aromatic N) is 1. The van der Waals surface area contributed by atoms with Crippen LogP contribution >= 0.6 is 0 Å². The SMILES string of the molecule is CCCC(C)(C)C(C)(C)O.[B]c1ccc([N+](=O)[O-])cc1. The number of hydrogen-bond donors (Lipinski definition) is 1. The van der Waals surface area contributed by atoms with Gasteiger partial charge < -0.3 is 5.11 Å². The van der Waals surface area contributed by atoms with Gasteiger partial charge in [-0.05, 0) is 25.7 Å². The number of rotatable bonds is 4. The number of nitro groups is 1. The molecule has 0 unspecified atom stereocenters. The van der Waals surface area contributed by atoms with E-state index in [1.54, 1.807) is 0 Å². The van der Waals surface area contributed by atoms with Gasteiger partial charge in [-0.25, -0.2) is 0 Å². The quantitative estimate of drug-likeness (QED) is 0.522. The second-order valence-electron chi connectivity index (χ2n) is 6.04. The second kappa shape index (κ2) is 7.43. The van der Waals surface area contributed by atoms with Crippen LogP contribution in [0, 0.1) is 15.5 Å². The third-order valence-electron chi connectivity index (χ3n) is 3.64. The second-order valence-corrected chi connectivity index (χ2v) is 6.04. The third-order valence-corrected chi connectivity index (χ3v) is 3.64. The predicted molar refractivity (Wildman–Crippen MR) is 83.5 cm³/mol. The zero-order chi connectivity index (χ0) is 16.0. The maximum atomic E-state index is 10.1. The summed E-state index contributed by atoms with van der Waals surface area (Å²) in [6.45, 7) is 10.1. The van der Waals surface area contributed by atoms with Crippen molar-refractivity contribution in [2.45, 2.75) is 53.1 Å². The summed E-state index contributed by atoms with van der Waals surface area (Å²) < 4.78 is 0. The molecule has 1 rings (SSSR count). The van der Waals surface area contributed by atoms with E-state index in [0.717, 1.165) is 12.8 Å². The smallest absolute Gasteiger partial charge is 0.269 e. The first-order chi connectivity index (χ1) is 9.01. The maximum absolute atomic E-state index is 10.1. The molecule has 0 spiro atoms. The molecule has 0 aliphatic heterocycles. The Labute approximate surface area is 122 Å². The average molecular weight is 277 g/mol. The fraction of sp³-hybridized carbons (Fsp3) is 0.600. The van der Waals surface area contributed by atoms with Crippen LogP contribution in [0.3, 0.4) is 0 Å². The van der Waals surface area contributed by atoms with Crippen molar-refractivity contribution >= 4 is 19.0 Å². The predicted octanol–water partition coefficient (Wildman–Crippen LogP) is 2.97. The van der Waals surface area contributed by atoms with Gasteiger partial charge in [0.2, 0.25) is 0 Å². The van der Waals surface area contributed by atoms with Crippen LogP contribution in [0.25, 0.3) is 0 Å². The monoisotopic (exact) mass is 277 g/mol. The molecule has 0 amide bonds. The van der Waals surface area contributed by atoms with Crippen LogP contribution in [0.2, 0.25) is 0 Å². The molecular formula is C15H24BNO3. The number of aliphatic hydroxyl groups is 1. The molecule has 0 aromatic heterocycles.